The minimum absolute atomic E-state index is 0.181. The van der Waals surface area contributed by atoms with E-state index in [2.05, 4.69) is 15.3 Å². The molecule has 0 radical (unpaired) electrons. The molecule has 0 saturated heterocycles. The second-order valence-corrected chi connectivity index (χ2v) is 5.71. The molecule has 0 unspecified atom stereocenters. The van der Waals surface area contributed by atoms with Gasteiger partial charge in [-0.15, -0.1) is 0 Å². The summed E-state index contributed by atoms with van der Waals surface area (Å²) < 4.78 is 3.27. The predicted molar refractivity (Wildman–Crippen MR) is 84.5 cm³/mol. The van der Waals surface area contributed by atoms with Crippen LogP contribution in [-0.2, 0) is 6.54 Å². The topological polar surface area (TPSA) is 68.5 Å². The van der Waals surface area contributed by atoms with Crippen molar-refractivity contribution in [2.45, 2.75) is 19.5 Å². The number of hydrogen-bond donors (Lipinski definition) is 1. The number of benzene rings is 1. The van der Waals surface area contributed by atoms with Crippen LogP contribution in [0.5, 0.6) is 0 Å². The predicted octanol–water partition coefficient (Wildman–Crippen LogP) is 2.73. The van der Waals surface area contributed by atoms with Crippen LogP contribution < -0.4 is 5.69 Å². The molecule has 1 atom stereocenters. The minimum atomic E-state index is -0.292. The first-order valence-corrected chi connectivity index (χ1v) is 7.40. The van der Waals surface area contributed by atoms with Gasteiger partial charge in [-0.1, -0.05) is 29.3 Å². The van der Waals surface area contributed by atoms with Crippen LogP contribution in [0, 0.1) is 0 Å². The summed E-state index contributed by atoms with van der Waals surface area (Å²) in [6.45, 7) is 2.23. The maximum absolute atomic E-state index is 12.0. The van der Waals surface area contributed by atoms with Crippen LogP contribution in [0.1, 0.15) is 24.4 Å². The third kappa shape index (κ3) is 2.80. The first-order valence-electron chi connectivity index (χ1n) is 6.64. The fraction of sp³-hybridized carbons (Fsp3) is 0.214. The summed E-state index contributed by atoms with van der Waals surface area (Å²) >= 11 is 12.1. The molecular weight excluding hydrogens is 325 g/mol. The molecule has 6 nitrogen and oxygen atoms in total. The Bertz CT molecular complexity index is 837. The normalized spacial score (nSPS) is 12.5. The van der Waals surface area contributed by atoms with Gasteiger partial charge in [0.05, 0.1) is 6.54 Å². The quantitative estimate of drug-likeness (QED) is 0.795. The SMILES string of the molecule is C[C@H](c1n[nH]c(=O)n1Cc1ccc(Cl)cc1Cl)n1cccn1. The van der Waals surface area contributed by atoms with Gasteiger partial charge in [0.1, 0.15) is 6.04 Å². The monoisotopic (exact) mass is 337 g/mol. The molecule has 0 spiro atoms. The molecule has 2 heterocycles. The third-order valence-electron chi connectivity index (χ3n) is 3.43. The summed E-state index contributed by atoms with van der Waals surface area (Å²) in [5, 5.41) is 11.8. The Morgan fingerprint density at radius 2 is 2.18 bits per heavy atom. The van der Waals surface area contributed by atoms with Crippen molar-refractivity contribution in [3.8, 4) is 0 Å². The zero-order valence-corrected chi connectivity index (χ0v) is 13.2. The van der Waals surface area contributed by atoms with Crippen LogP contribution in [0.15, 0.2) is 41.5 Å². The first-order chi connectivity index (χ1) is 10.6. The standard InChI is InChI=1S/C14H13Cl2N5O/c1-9(21-6-2-5-17-21)13-18-19-14(22)20(13)8-10-3-4-11(15)7-12(10)16/h2-7,9H,8H2,1H3,(H,19,22)/t9-/m1/s1. The Hall–Kier alpha value is -2.05. The van der Waals surface area contributed by atoms with E-state index < -0.39 is 0 Å². The Morgan fingerprint density at radius 3 is 2.86 bits per heavy atom. The van der Waals surface area contributed by atoms with Gasteiger partial charge in [-0.05, 0) is 30.7 Å². The van der Waals surface area contributed by atoms with Gasteiger partial charge in [0.25, 0.3) is 0 Å². The summed E-state index contributed by atoms with van der Waals surface area (Å²) in [4.78, 5) is 12.0. The molecule has 22 heavy (non-hydrogen) atoms. The van der Waals surface area contributed by atoms with Crippen LogP contribution in [0.4, 0.5) is 0 Å². The number of hydrogen-bond acceptors (Lipinski definition) is 3. The smallest absolute Gasteiger partial charge is 0.273 e. The fourth-order valence-electron chi connectivity index (χ4n) is 2.25. The van der Waals surface area contributed by atoms with Crippen LogP contribution in [0.3, 0.4) is 0 Å². The lowest BCUT2D eigenvalue weighted by Gasteiger charge is -2.13. The number of aromatic amines is 1. The van der Waals surface area contributed by atoms with Crippen molar-refractivity contribution in [1.29, 1.82) is 0 Å². The van der Waals surface area contributed by atoms with Crippen LogP contribution >= 0.6 is 23.2 Å². The molecule has 3 rings (SSSR count). The number of rotatable bonds is 4. The van der Waals surface area contributed by atoms with Crippen LogP contribution in [0.2, 0.25) is 10.0 Å². The van der Waals surface area contributed by atoms with Gasteiger partial charge in [0.2, 0.25) is 0 Å². The lowest BCUT2D eigenvalue weighted by molar-refractivity contribution is 0.509. The fourth-order valence-corrected chi connectivity index (χ4v) is 2.72. The number of nitrogens with one attached hydrogen (secondary N) is 1. The summed E-state index contributed by atoms with van der Waals surface area (Å²) in [6, 6.07) is 6.83. The second kappa shape index (κ2) is 5.98. The Kier molecular flexibility index (Phi) is 4.04. The molecule has 0 aliphatic carbocycles. The van der Waals surface area contributed by atoms with Crippen molar-refractivity contribution >= 4 is 23.2 Å². The Labute approximate surface area is 136 Å². The highest BCUT2D eigenvalue weighted by Crippen LogP contribution is 2.22. The van der Waals surface area contributed by atoms with E-state index in [1.165, 1.54) is 0 Å². The van der Waals surface area contributed by atoms with Crippen LogP contribution in [-0.4, -0.2) is 24.5 Å². The average Bonchev–Trinajstić information content (AvgIpc) is 3.12. The van der Waals surface area contributed by atoms with Crippen molar-refractivity contribution in [3.05, 3.63) is 68.6 Å². The maximum atomic E-state index is 12.0. The summed E-state index contributed by atoms with van der Waals surface area (Å²) in [7, 11) is 0. The third-order valence-corrected chi connectivity index (χ3v) is 4.01. The van der Waals surface area contributed by atoms with E-state index >= 15 is 0 Å². The number of H-pyrrole nitrogens is 1. The molecule has 114 valence electrons. The molecule has 0 bridgehead atoms. The maximum Gasteiger partial charge on any atom is 0.343 e. The van der Waals surface area contributed by atoms with Gasteiger partial charge in [-0.2, -0.15) is 10.2 Å². The van der Waals surface area contributed by atoms with E-state index in [0.717, 1.165) is 5.56 Å². The van der Waals surface area contributed by atoms with Gasteiger partial charge in [-0.25, -0.2) is 9.89 Å². The highest BCUT2D eigenvalue weighted by atomic mass is 35.5. The molecule has 3 aromatic rings. The zero-order chi connectivity index (χ0) is 15.7. The minimum Gasteiger partial charge on any atom is -0.273 e. The molecule has 2 aromatic heterocycles. The lowest BCUT2D eigenvalue weighted by Crippen LogP contribution is -2.22. The lowest BCUT2D eigenvalue weighted by atomic mass is 10.2. The highest BCUT2D eigenvalue weighted by Gasteiger charge is 2.18. The molecule has 0 saturated carbocycles. The van der Waals surface area contributed by atoms with Gasteiger partial charge in [0, 0.05) is 22.4 Å². The molecule has 0 fully saturated rings. The molecule has 8 heteroatoms. The Balaban J connectivity index is 1.97. The van der Waals surface area contributed by atoms with Crippen LogP contribution in [0.25, 0.3) is 0 Å². The molecule has 0 aliphatic heterocycles. The van der Waals surface area contributed by atoms with Crippen molar-refractivity contribution in [1.82, 2.24) is 24.5 Å². The van der Waals surface area contributed by atoms with E-state index in [1.807, 2.05) is 19.2 Å². The Morgan fingerprint density at radius 1 is 1.36 bits per heavy atom. The van der Waals surface area contributed by atoms with Crippen molar-refractivity contribution in [3.63, 3.8) is 0 Å². The van der Waals surface area contributed by atoms with E-state index in [0.29, 0.717) is 22.4 Å². The number of halogens is 2. The molecule has 0 aliphatic rings. The largest absolute Gasteiger partial charge is 0.343 e. The van der Waals surface area contributed by atoms with Crippen molar-refractivity contribution < 1.29 is 0 Å². The van der Waals surface area contributed by atoms with E-state index in [9.17, 15) is 4.79 Å². The summed E-state index contributed by atoms with van der Waals surface area (Å²) in [5.41, 5.74) is 0.503. The van der Waals surface area contributed by atoms with Crippen molar-refractivity contribution in [2.75, 3.05) is 0 Å². The van der Waals surface area contributed by atoms with Gasteiger partial charge >= 0.3 is 5.69 Å². The van der Waals surface area contributed by atoms with E-state index in [4.69, 9.17) is 23.2 Å². The van der Waals surface area contributed by atoms with E-state index in [1.54, 1.807) is 33.6 Å². The average molecular weight is 338 g/mol. The molecule has 0 amide bonds. The molecule has 1 N–H and O–H groups in total. The summed E-state index contributed by atoms with van der Waals surface area (Å²) in [6.07, 6.45) is 3.51. The molecule has 1 aromatic carbocycles. The zero-order valence-electron chi connectivity index (χ0n) is 11.7. The first kappa shape index (κ1) is 14.9. The van der Waals surface area contributed by atoms with Gasteiger partial charge in [0.15, 0.2) is 5.82 Å². The van der Waals surface area contributed by atoms with Gasteiger partial charge < -0.3 is 0 Å². The highest BCUT2D eigenvalue weighted by molar-refractivity contribution is 6.35. The van der Waals surface area contributed by atoms with E-state index in [-0.39, 0.29) is 11.7 Å². The summed E-state index contributed by atoms with van der Waals surface area (Å²) in [5.74, 6) is 0.583. The second-order valence-electron chi connectivity index (χ2n) is 4.87. The van der Waals surface area contributed by atoms with Gasteiger partial charge in [-0.3, -0.25) is 9.25 Å². The van der Waals surface area contributed by atoms with Crippen molar-refractivity contribution in [2.24, 2.45) is 0 Å². The number of aromatic nitrogens is 5. The number of nitrogens with zero attached hydrogens (tertiary/aromatic N) is 4. The molecular formula is C14H13Cl2N5O.